The van der Waals surface area contributed by atoms with E-state index in [4.69, 9.17) is 9.47 Å². The van der Waals surface area contributed by atoms with Crippen molar-refractivity contribution in [1.29, 1.82) is 0 Å². The van der Waals surface area contributed by atoms with Gasteiger partial charge in [-0.2, -0.15) is 0 Å². The van der Waals surface area contributed by atoms with E-state index < -0.39 is 0 Å². The summed E-state index contributed by atoms with van der Waals surface area (Å²) in [5.74, 6) is 1.39. The molecule has 1 heterocycles. The quantitative estimate of drug-likeness (QED) is 0.791. The lowest BCUT2D eigenvalue weighted by molar-refractivity contribution is -0.111. The second-order valence-corrected chi connectivity index (χ2v) is 3.92. The van der Waals surface area contributed by atoms with Crippen LogP contribution in [0, 0.1) is 0 Å². The molecule has 1 aliphatic heterocycles. The van der Waals surface area contributed by atoms with E-state index in [2.05, 4.69) is 5.32 Å². The fourth-order valence-electron chi connectivity index (χ4n) is 1.88. The van der Waals surface area contributed by atoms with Crippen LogP contribution in [-0.2, 0) is 11.3 Å². The molecule has 0 fully saturated rings. The highest BCUT2D eigenvalue weighted by Crippen LogP contribution is 2.28. The van der Waals surface area contributed by atoms with E-state index in [0.29, 0.717) is 18.0 Å². The topological polar surface area (TPSA) is 50.8 Å². The average Bonchev–Trinajstić information content (AvgIpc) is 2.85. The Kier molecular flexibility index (Phi) is 3.72. The van der Waals surface area contributed by atoms with Gasteiger partial charge in [0.25, 0.3) is 0 Å². The summed E-state index contributed by atoms with van der Waals surface area (Å²) in [6.07, 6.45) is 4.20. The molecule has 5 nitrogen and oxygen atoms in total. The summed E-state index contributed by atoms with van der Waals surface area (Å²) in [6.45, 7) is 0.632. The molecule has 0 aliphatic carbocycles. The second-order valence-electron chi connectivity index (χ2n) is 3.92. The van der Waals surface area contributed by atoms with Gasteiger partial charge in [0.2, 0.25) is 0 Å². The second kappa shape index (κ2) is 5.44. The Morgan fingerprint density at radius 1 is 1.33 bits per heavy atom. The highest BCUT2D eigenvalue weighted by molar-refractivity contribution is 5.58. The molecule has 5 heteroatoms. The SMILES string of the molecule is COc1ccc(CN2C=CNC2C=O)cc1OC. The molecule has 18 heavy (non-hydrogen) atoms. The molecular weight excluding hydrogens is 232 g/mol. The van der Waals surface area contributed by atoms with E-state index in [1.54, 1.807) is 20.4 Å². The molecule has 0 spiro atoms. The fourth-order valence-corrected chi connectivity index (χ4v) is 1.88. The molecule has 1 aliphatic rings. The molecule has 0 saturated heterocycles. The van der Waals surface area contributed by atoms with Gasteiger partial charge in [0.15, 0.2) is 24.0 Å². The molecule has 0 bridgehead atoms. The summed E-state index contributed by atoms with van der Waals surface area (Å²) in [6, 6.07) is 5.72. The third-order valence-corrected chi connectivity index (χ3v) is 2.83. The van der Waals surface area contributed by atoms with Gasteiger partial charge in [-0.3, -0.25) is 4.79 Å². The summed E-state index contributed by atoms with van der Waals surface area (Å²) in [7, 11) is 3.21. The maximum atomic E-state index is 10.8. The van der Waals surface area contributed by atoms with E-state index in [0.717, 1.165) is 11.8 Å². The summed E-state index contributed by atoms with van der Waals surface area (Å²) in [5.41, 5.74) is 1.05. The zero-order chi connectivity index (χ0) is 13.0. The van der Waals surface area contributed by atoms with Gasteiger partial charge in [-0.05, 0) is 17.7 Å². The van der Waals surface area contributed by atoms with Crippen LogP contribution in [0.1, 0.15) is 5.56 Å². The van der Waals surface area contributed by atoms with E-state index in [9.17, 15) is 4.79 Å². The van der Waals surface area contributed by atoms with Gasteiger partial charge in [0.05, 0.1) is 14.2 Å². The van der Waals surface area contributed by atoms with Crippen molar-refractivity contribution in [3.63, 3.8) is 0 Å². The highest BCUT2D eigenvalue weighted by Gasteiger charge is 2.17. The molecule has 0 amide bonds. The number of benzene rings is 1. The molecule has 0 aromatic heterocycles. The third-order valence-electron chi connectivity index (χ3n) is 2.83. The standard InChI is InChI=1S/C13H16N2O3/c1-17-11-4-3-10(7-12(11)18-2)8-15-6-5-14-13(15)9-16/h3-7,9,13-14H,8H2,1-2H3. The predicted octanol–water partition coefficient (Wildman–Crippen LogP) is 1.11. The number of hydrogen-bond donors (Lipinski definition) is 1. The zero-order valence-electron chi connectivity index (χ0n) is 10.4. The lowest BCUT2D eigenvalue weighted by Crippen LogP contribution is -2.36. The fraction of sp³-hybridized carbons (Fsp3) is 0.308. The van der Waals surface area contributed by atoms with Crippen molar-refractivity contribution < 1.29 is 14.3 Å². The van der Waals surface area contributed by atoms with Crippen molar-refractivity contribution in [2.45, 2.75) is 12.7 Å². The van der Waals surface area contributed by atoms with Gasteiger partial charge in [0, 0.05) is 18.9 Å². The highest BCUT2D eigenvalue weighted by atomic mass is 16.5. The molecule has 1 N–H and O–H groups in total. The van der Waals surface area contributed by atoms with Crippen molar-refractivity contribution in [3.05, 3.63) is 36.2 Å². The molecule has 1 unspecified atom stereocenters. The minimum atomic E-state index is -0.293. The molecule has 1 aromatic carbocycles. The first-order valence-electron chi connectivity index (χ1n) is 5.63. The van der Waals surface area contributed by atoms with Crippen LogP contribution >= 0.6 is 0 Å². The van der Waals surface area contributed by atoms with Crippen molar-refractivity contribution in [2.75, 3.05) is 14.2 Å². The van der Waals surface area contributed by atoms with Gasteiger partial charge in [0.1, 0.15) is 0 Å². The van der Waals surface area contributed by atoms with Crippen LogP contribution in [0.3, 0.4) is 0 Å². The number of nitrogens with one attached hydrogen (secondary N) is 1. The largest absolute Gasteiger partial charge is 0.493 e. The van der Waals surface area contributed by atoms with Crippen LogP contribution in [0.5, 0.6) is 11.5 Å². The minimum absolute atomic E-state index is 0.293. The molecule has 2 rings (SSSR count). The number of rotatable bonds is 5. The molecule has 96 valence electrons. The normalized spacial score (nSPS) is 17.4. The summed E-state index contributed by atoms with van der Waals surface area (Å²) >= 11 is 0. The Bertz CT molecular complexity index is 460. The Labute approximate surface area is 106 Å². The maximum absolute atomic E-state index is 10.8. The minimum Gasteiger partial charge on any atom is -0.493 e. The van der Waals surface area contributed by atoms with Crippen LogP contribution in [0.15, 0.2) is 30.6 Å². The lowest BCUT2D eigenvalue weighted by atomic mass is 10.2. The van der Waals surface area contributed by atoms with Crippen LogP contribution in [0.25, 0.3) is 0 Å². The van der Waals surface area contributed by atoms with Crippen molar-refractivity contribution >= 4 is 6.29 Å². The first-order valence-corrected chi connectivity index (χ1v) is 5.63. The predicted molar refractivity (Wildman–Crippen MR) is 67.2 cm³/mol. The monoisotopic (exact) mass is 248 g/mol. The Hall–Kier alpha value is -2.17. The first kappa shape index (κ1) is 12.3. The summed E-state index contributed by atoms with van der Waals surface area (Å²) < 4.78 is 10.4. The molecule has 1 atom stereocenters. The maximum Gasteiger partial charge on any atom is 0.162 e. The van der Waals surface area contributed by atoms with Crippen LogP contribution in [0.4, 0.5) is 0 Å². The van der Waals surface area contributed by atoms with Gasteiger partial charge < -0.3 is 19.7 Å². The Morgan fingerprint density at radius 3 is 2.78 bits per heavy atom. The third kappa shape index (κ3) is 2.40. The van der Waals surface area contributed by atoms with Crippen molar-refractivity contribution in [3.8, 4) is 11.5 Å². The van der Waals surface area contributed by atoms with Gasteiger partial charge >= 0.3 is 0 Å². The van der Waals surface area contributed by atoms with Gasteiger partial charge in [-0.1, -0.05) is 6.07 Å². The molecule has 0 radical (unpaired) electrons. The number of carbonyl (C=O) groups is 1. The first-order chi connectivity index (χ1) is 8.78. The van der Waals surface area contributed by atoms with Crippen molar-refractivity contribution in [2.24, 2.45) is 0 Å². The number of nitrogens with zero attached hydrogens (tertiary/aromatic N) is 1. The molecule has 1 aromatic rings. The number of ether oxygens (including phenoxy) is 2. The Balaban J connectivity index is 2.14. The van der Waals surface area contributed by atoms with E-state index >= 15 is 0 Å². The number of methoxy groups -OCH3 is 2. The number of carbonyl (C=O) groups excluding carboxylic acids is 1. The van der Waals surface area contributed by atoms with E-state index in [1.807, 2.05) is 29.3 Å². The Morgan fingerprint density at radius 2 is 2.11 bits per heavy atom. The molecule has 0 saturated carbocycles. The lowest BCUT2D eigenvalue weighted by Gasteiger charge is -2.21. The average molecular weight is 248 g/mol. The number of hydrogen-bond acceptors (Lipinski definition) is 5. The smallest absolute Gasteiger partial charge is 0.162 e. The van der Waals surface area contributed by atoms with Crippen molar-refractivity contribution in [1.82, 2.24) is 10.2 Å². The van der Waals surface area contributed by atoms with E-state index in [-0.39, 0.29) is 6.17 Å². The van der Waals surface area contributed by atoms with Gasteiger partial charge in [-0.25, -0.2) is 0 Å². The van der Waals surface area contributed by atoms with Crippen LogP contribution in [-0.4, -0.2) is 31.6 Å². The van der Waals surface area contributed by atoms with Crippen LogP contribution < -0.4 is 14.8 Å². The van der Waals surface area contributed by atoms with E-state index in [1.165, 1.54) is 0 Å². The summed E-state index contributed by atoms with van der Waals surface area (Å²) in [4.78, 5) is 12.8. The van der Waals surface area contributed by atoms with Crippen LogP contribution in [0.2, 0.25) is 0 Å². The zero-order valence-corrected chi connectivity index (χ0v) is 10.4. The summed E-state index contributed by atoms with van der Waals surface area (Å²) in [5, 5.41) is 2.95. The molecular formula is C13H16N2O3. The van der Waals surface area contributed by atoms with Gasteiger partial charge in [-0.15, -0.1) is 0 Å². The number of aldehydes is 1.